The van der Waals surface area contributed by atoms with Crippen molar-refractivity contribution in [3.63, 3.8) is 0 Å². The lowest BCUT2D eigenvalue weighted by Gasteiger charge is -2.39. The summed E-state index contributed by atoms with van der Waals surface area (Å²) in [5, 5.41) is 8.53. The summed E-state index contributed by atoms with van der Waals surface area (Å²) >= 11 is 0. The highest BCUT2D eigenvalue weighted by Crippen LogP contribution is 2.23. The number of rotatable bonds is 5. The van der Waals surface area contributed by atoms with Crippen LogP contribution in [0.4, 0.5) is 0 Å². The molecule has 0 bridgehead atoms. The van der Waals surface area contributed by atoms with Gasteiger partial charge in [-0.2, -0.15) is 5.10 Å². The zero-order valence-electron chi connectivity index (χ0n) is 14.9. The van der Waals surface area contributed by atoms with Crippen molar-refractivity contribution in [2.75, 3.05) is 13.1 Å². The number of hydrogen-bond donors (Lipinski definition) is 0. The zero-order valence-corrected chi connectivity index (χ0v) is 14.9. The Bertz CT molecular complexity index is 938. The number of hydrogen-bond acceptors (Lipinski definition) is 6. The predicted octanol–water partition coefficient (Wildman–Crippen LogP) is 2.04. The van der Waals surface area contributed by atoms with Crippen LogP contribution in [-0.4, -0.2) is 37.9 Å². The number of aromatic nitrogens is 4. The number of nitrogens with zero attached hydrogens (tertiary/aromatic N) is 5. The topological polar surface area (TPSA) is 77.1 Å². The third-order valence-electron chi connectivity index (χ3n) is 4.87. The maximum Gasteiger partial charge on any atom is 0.266 e. The smallest absolute Gasteiger partial charge is 0.266 e. The van der Waals surface area contributed by atoms with Crippen LogP contribution in [0.3, 0.4) is 0 Å². The first kappa shape index (κ1) is 16.7. The summed E-state index contributed by atoms with van der Waals surface area (Å²) in [6.07, 6.45) is 3.45. The molecule has 0 aliphatic carbocycles. The molecule has 1 fully saturated rings. The lowest BCUT2D eigenvalue weighted by atomic mass is 9.99. The van der Waals surface area contributed by atoms with Crippen LogP contribution in [-0.2, 0) is 13.1 Å². The van der Waals surface area contributed by atoms with Crippen molar-refractivity contribution in [1.29, 1.82) is 0 Å². The van der Waals surface area contributed by atoms with Crippen molar-refractivity contribution in [3.05, 3.63) is 64.0 Å². The molecular weight excluding hydrogens is 330 g/mol. The number of aryl methyl sites for hydroxylation is 2. The van der Waals surface area contributed by atoms with Gasteiger partial charge in [0.2, 0.25) is 0 Å². The monoisotopic (exact) mass is 351 g/mol. The maximum atomic E-state index is 12.2. The summed E-state index contributed by atoms with van der Waals surface area (Å²) in [6, 6.07) is 7.14. The molecular formula is C19H21N5O2. The summed E-state index contributed by atoms with van der Waals surface area (Å²) in [7, 11) is 0. The molecule has 1 aliphatic rings. The van der Waals surface area contributed by atoms with Gasteiger partial charge < -0.3 is 4.52 Å². The molecule has 0 amide bonds. The minimum atomic E-state index is -0.0630. The van der Waals surface area contributed by atoms with Crippen LogP contribution in [0.15, 0.2) is 46.0 Å². The summed E-state index contributed by atoms with van der Waals surface area (Å²) in [5.74, 6) is 1.31. The van der Waals surface area contributed by atoms with Crippen molar-refractivity contribution < 1.29 is 4.52 Å². The molecule has 3 aromatic heterocycles. The molecule has 0 aromatic carbocycles. The van der Waals surface area contributed by atoms with E-state index in [1.54, 1.807) is 29.2 Å². The van der Waals surface area contributed by atoms with Crippen molar-refractivity contribution >= 4 is 0 Å². The first-order valence-electron chi connectivity index (χ1n) is 8.73. The summed E-state index contributed by atoms with van der Waals surface area (Å²) in [5.41, 5.74) is 3.81. The number of likely N-dealkylation sites (tertiary alicyclic amines) is 1. The van der Waals surface area contributed by atoms with Crippen LogP contribution in [0.1, 0.15) is 17.0 Å². The predicted molar refractivity (Wildman–Crippen MR) is 96.5 cm³/mol. The molecule has 1 saturated heterocycles. The van der Waals surface area contributed by atoms with Crippen LogP contribution in [0.5, 0.6) is 0 Å². The fourth-order valence-electron chi connectivity index (χ4n) is 3.37. The molecule has 26 heavy (non-hydrogen) atoms. The second-order valence-electron chi connectivity index (χ2n) is 6.84. The van der Waals surface area contributed by atoms with Crippen molar-refractivity contribution in [3.8, 4) is 11.3 Å². The molecule has 3 aromatic rings. The van der Waals surface area contributed by atoms with E-state index >= 15 is 0 Å². The van der Waals surface area contributed by atoms with Gasteiger partial charge in [0, 0.05) is 55.1 Å². The van der Waals surface area contributed by atoms with E-state index in [9.17, 15) is 4.79 Å². The average molecular weight is 351 g/mol. The Morgan fingerprint density at radius 1 is 1.15 bits per heavy atom. The number of pyridine rings is 1. The fourth-order valence-corrected chi connectivity index (χ4v) is 3.37. The first-order chi connectivity index (χ1) is 12.6. The van der Waals surface area contributed by atoms with E-state index in [1.165, 1.54) is 5.56 Å². The van der Waals surface area contributed by atoms with Crippen LogP contribution in [0.2, 0.25) is 0 Å². The van der Waals surface area contributed by atoms with Crippen LogP contribution >= 0.6 is 0 Å². The lowest BCUT2D eigenvalue weighted by molar-refractivity contribution is 0.0761. The molecule has 0 atom stereocenters. The maximum absolute atomic E-state index is 12.2. The van der Waals surface area contributed by atoms with Gasteiger partial charge in [0.25, 0.3) is 5.56 Å². The van der Waals surface area contributed by atoms with Gasteiger partial charge in [-0.15, -0.1) is 0 Å². The highest BCUT2D eigenvalue weighted by molar-refractivity contribution is 5.56. The van der Waals surface area contributed by atoms with E-state index in [-0.39, 0.29) is 5.56 Å². The van der Waals surface area contributed by atoms with Gasteiger partial charge in [-0.25, -0.2) is 4.68 Å². The van der Waals surface area contributed by atoms with E-state index in [1.807, 2.05) is 26.0 Å². The molecule has 0 unspecified atom stereocenters. The Morgan fingerprint density at radius 3 is 2.62 bits per heavy atom. The van der Waals surface area contributed by atoms with Crippen molar-refractivity contribution in [2.45, 2.75) is 26.9 Å². The molecule has 0 radical (unpaired) electrons. The third kappa shape index (κ3) is 3.30. The average Bonchev–Trinajstić information content (AvgIpc) is 2.94. The van der Waals surface area contributed by atoms with Crippen LogP contribution < -0.4 is 5.56 Å². The van der Waals surface area contributed by atoms with E-state index in [0.29, 0.717) is 12.5 Å². The van der Waals surface area contributed by atoms with E-state index in [4.69, 9.17) is 4.52 Å². The van der Waals surface area contributed by atoms with Gasteiger partial charge in [0.1, 0.15) is 5.76 Å². The van der Waals surface area contributed by atoms with Gasteiger partial charge in [0.15, 0.2) is 0 Å². The molecule has 1 aliphatic heterocycles. The molecule has 4 heterocycles. The van der Waals surface area contributed by atoms with Gasteiger partial charge in [0.05, 0.1) is 17.9 Å². The molecule has 4 rings (SSSR count). The van der Waals surface area contributed by atoms with E-state index < -0.39 is 0 Å². The molecule has 0 N–H and O–H groups in total. The molecule has 134 valence electrons. The largest absolute Gasteiger partial charge is 0.361 e. The Hall–Kier alpha value is -2.80. The minimum absolute atomic E-state index is 0.0630. The Morgan fingerprint density at radius 2 is 1.92 bits per heavy atom. The highest BCUT2D eigenvalue weighted by Gasteiger charge is 2.29. The summed E-state index contributed by atoms with van der Waals surface area (Å²) < 4.78 is 6.80. The Labute approximate surface area is 151 Å². The third-order valence-corrected chi connectivity index (χ3v) is 4.87. The van der Waals surface area contributed by atoms with Gasteiger partial charge in [-0.3, -0.25) is 14.7 Å². The molecule has 0 spiro atoms. The van der Waals surface area contributed by atoms with Gasteiger partial charge in [-0.05, 0) is 32.0 Å². The lowest BCUT2D eigenvalue weighted by Crippen LogP contribution is -2.49. The molecule has 7 heteroatoms. The van der Waals surface area contributed by atoms with Crippen LogP contribution in [0.25, 0.3) is 11.3 Å². The van der Waals surface area contributed by atoms with Gasteiger partial charge in [-0.1, -0.05) is 5.16 Å². The van der Waals surface area contributed by atoms with Crippen molar-refractivity contribution in [1.82, 2.24) is 24.8 Å². The van der Waals surface area contributed by atoms with Crippen LogP contribution in [0, 0.1) is 19.8 Å². The minimum Gasteiger partial charge on any atom is -0.361 e. The first-order valence-corrected chi connectivity index (χ1v) is 8.73. The quantitative estimate of drug-likeness (QED) is 0.700. The Kier molecular flexibility index (Phi) is 4.38. The van der Waals surface area contributed by atoms with Crippen molar-refractivity contribution in [2.24, 2.45) is 5.92 Å². The SMILES string of the molecule is Cc1noc(C)c1CN1CC(Cn2nc(-c3ccncc3)ccc2=O)C1. The van der Waals surface area contributed by atoms with E-state index in [0.717, 1.165) is 42.3 Å². The Balaban J connectivity index is 1.41. The second kappa shape index (κ2) is 6.84. The van der Waals surface area contributed by atoms with E-state index in [2.05, 4.69) is 20.1 Å². The standard InChI is InChI=1S/C19H21N5O2/c1-13-17(14(2)26-22-13)12-23-9-15(10-23)11-24-19(25)4-3-18(21-24)16-5-7-20-8-6-16/h3-8,15H,9-12H2,1-2H3. The zero-order chi connectivity index (χ0) is 18.1. The molecule has 7 nitrogen and oxygen atoms in total. The highest BCUT2D eigenvalue weighted by atomic mass is 16.5. The normalized spacial score (nSPS) is 15.2. The second-order valence-corrected chi connectivity index (χ2v) is 6.84. The summed E-state index contributed by atoms with van der Waals surface area (Å²) in [6.45, 7) is 7.28. The fraction of sp³-hybridized carbons (Fsp3) is 0.368. The summed E-state index contributed by atoms with van der Waals surface area (Å²) in [4.78, 5) is 18.5. The van der Waals surface area contributed by atoms with Gasteiger partial charge >= 0.3 is 0 Å². The molecule has 0 saturated carbocycles.